The molecule has 5 nitrogen and oxygen atoms in total. The van der Waals surface area contributed by atoms with Gasteiger partial charge < -0.3 is 15.5 Å². The zero-order valence-electron chi connectivity index (χ0n) is 16.4. The van der Waals surface area contributed by atoms with E-state index in [1.165, 1.54) is 6.42 Å². The van der Waals surface area contributed by atoms with Gasteiger partial charge in [0.1, 0.15) is 0 Å². The molecule has 1 fully saturated rings. The number of hydrogen-bond acceptors (Lipinski definition) is 2. The van der Waals surface area contributed by atoms with E-state index in [1.54, 1.807) is 11.9 Å². The third-order valence-corrected chi connectivity index (χ3v) is 4.63. The molecule has 0 bridgehead atoms. The maximum Gasteiger partial charge on any atom is 0.230 e. The van der Waals surface area contributed by atoms with Crippen molar-refractivity contribution in [3.8, 4) is 0 Å². The summed E-state index contributed by atoms with van der Waals surface area (Å²) in [5.41, 5.74) is 0.108. The summed E-state index contributed by atoms with van der Waals surface area (Å²) < 4.78 is 0. The predicted molar refractivity (Wildman–Crippen MR) is 113 cm³/mol. The SMILES string of the molecule is CN=C(NCCCC(C)(C)C)NCC1(C(=O)N(C)C)CCCC1.I. The average Bonchev–Trinajstić information content (AvgIpc) is 2.94. The van der Waals surface area contributed by atoms with Gasteiger partial charge in [0, 0.05) is 34.2 Å². The van der Waals surface area contributed by atoms with Crippen molar-refractivity contribution in [1.82, 2.24) is 15.5 Å². The minimum atomic E-state index is -0.257. The van der Waals surface area contributed by atoms with Gasteiger partial charge in [-0.15, -0.1) is 24.0 Å². The molecule has 1 rings (SSSR count). The van der Waals surface area contributed by atoms with Gasteiger partial charge in [-0.1, -0.05) is 33.6 Å². The molecule has 0 radical (unpaired) electrons. The second-order valence-corrected chi connectivity index (χ2v) is 8.20. The second-order valence-electron chi connectivity index (χ2n) is 8.20. The van der Waals surface area contributed by atoms with Gasteiger partial charge in [0.25, 0.3) is 0 Å². The molecule has 0 aromatic rings. The van der Waals surface area contributed by atoms with Crippen LogP contribution in [-0.2, 0) is 4.79 Å². The summed E-state index contributed by atoms with van der Waals surface area (Å²) in [7, 11) is 5.48. The van der Waals surface area contributed by atoms with Gasteiger partial charge in [0.15, 0.2) is 5.96 Å². The number of rotatable bonds is 6. The Bertz CT molecular complexity index is 410. The van der Waals surface area contributed by atoms with Crippen LogP contribution in [0.4, 0.5) is 0 Å². The molecule has 1 saturated carbocycles. The van der Waals surface area contributed by atoms with Crippen LogP contribution < -0.4 is 10.6 Å². The van der Waals surface area contributed by atoms with Crippen LogP contribution in [0.2, 0.25) is 0 Å². The van der Waals surface area contributed by atoms with Crippen molar-refractivity contribution in [2.75, 3.05) is 34.2 Å². The van der Waals surface area contributed by atoms with E-state index < -0.39 is 0 Å². The number of aliphatic imine (C=N–C) groups is 1. The van der Waals surface area contributed by atoms with E-state index in [0.29, 0.717) is 12.0 Å². The molecule has 1 aliphatic carbocycles. The fourth-order valence-electron chi connectivity index (χ4n) is 3.29. The molecule has 2 N–H and O–H groups in total. The fraction of sp³-hybridized carbons (Fsp3) is 0.889. The molecule has 0 spiro atoms. The molecule has 0 atom stereocenters. The van der Waals surface area contributed by atoms with Crippen LogP contribution >= 0.6 is 24.0 Å². The van der Waals surface area contributed by atoms with Crippen LogP contribution in [-0.4, -0.2) is 51.0 Å². The van der Waals surface area contributed by atoms with E-state index in [0.717, 1.165) is 44.6 Å². The van der Waals surface area contributed by atoms with Crippen LogP contribution in [0.5, 0.6) is 0 Å². The molecule has 1 amide bonds. The lowest BCUT2D eigenvalue weighted by Gasteiger charge is -2.31. The summed E-state index contributed by atoms with van der Waals surface area (Å²) >= 11 is 0. The van der Waals surface area contributed by atoms with Crippen molar-refractivity contribution in [3.63, 3.8) is 0 Å². The van der Waals surface area contributed by atoms with Crippen LogP contribution in [0, 0.1) is 10.8 Å². The highest BCUT2D eigenvalue weighted by Crippen LogP contribution is 2.38. The first-order chi connectivity index (χ1) is 10.7. The van der Waals surface area contributed by atoms with Crippen LogP contribution in [0.25, 0.3) is 0 Å². The highest BCUT2D eigenvalue weighted by atomic mass is 127. The number of hydrogen-bond donors (Lipinski definition) is 2. The molecular weight excluding hydrogens is 415 g/mol. The smallest absolute Gasteiger partial charge is 0.230 e. The Labute approximate surface area is 165 Å². The van der Waals surface area contributed by atoms with Crippen molar-refractivity contribution < 1.29 is 4.79 Å². The van der Waals surface area contributed by atoms with Crippen LogP contribution in [0.3, 0.4) is 0 Å². The topological polar surface area (TPSA) is 56.7 Å². The van der Waals surface area contributed by atoms with E-state index in [4.69, 9.17) is 0 Å². The minimum absolute atomic E-state index is 0. The van der Waals surface area contributed by atoms with E-state index in [9.17, 15) is 4.79 Å². The highest BCUT2D eigenvalue weighted by molar-refractivity contribution is 14.0. The quantitative estimate of drug-likeness (QED) is 0.282. The van der Waals surface area contributed by atoms with Crippen LogP contribution in [0.15, 0.2) is 4.99 Å². The predicted octanol–water partition coefficient (Wildman–Crippen LogP) is 3.24. The molecule has 0 aromatic carbocycles. The number of nitrogens with one attached hydrogen (secondary N) is 2. The number of nitrogens with zero attached hydrogens (tertiary/aromatic N) is 2. The largest absolute Gasteiger partial charge is 0.356 e. The van der Waals surface area contributed by atoms with Gasteiger partial charge in [-0.05, 0) is 31.1 Å². The summed E-state index contributed by atoms with van der Waals surface area (Å²) in [4.78, 5) is 18.6. The summed E-state index contributed by atoms with van der Waals surface area (Å²) in [5, 5.41) is 6.74. The Balaban J connectivity index is 0.00000529. The minimum Gasteiger partial charge on any atom is -0.356 e. The first-order valence-electron chi connectivity index (χ1n) is 8.86. The Morgan fingerprint density at radius 1 is 1.17 bits per heavy atom. The molecule has 6 heteroatoms. The van der Waals surface area contributed by atoms with Crippen molar-refractivity contribution in [3.05, 3.63) is 0 Å². The van der Waals surface area contributed by atoms with Crippen molar-refractivity contribution >= 4 is 35.8 Å². The first kappa shape index (κ1) is 23.5. The summed E-state index contributed by atoms with van der Waals surface area (Å²) in [6.07, 6.45) is 6.51. The molecule has 0 aliphatic heterocycles. The van der Waals surface area contributed by atoms with Gasteiger partial charge in [-0.3, -0.25) is 9.79 Å². The molecule has 142 valence electrons. The molecular formula is C18H37IN4O. The molecule has 24 heavy (non-hydrogen) atoms. The van der Waals surface area contributed by atoms with E-state index in [2.05, 4.69) is 36.4 Å². The molecule has 0 unspecified atom stereocenters. The standard InChI is InChI=1S/C18H36N4O.HI/c1-17(2,3)10-9-13-20-16(19-4)21-14-18(11-7-8-12-18)15(23)22(5)6;/h7-14H2,1-6H3,(H2,19,20,21);1H. The lowest BCUT2D eigenvalue weighted by Crippen LogP contribution is -2.49. The maximum atomic E-state index is 12.6. The Morgan fingerprint density at radius 2 is 1.75 bits per heavy atom. The van der Waals surface area contributed by atoms with Gasteiger partial charge in [-0.2, -0.15) is 0 Å². The lowest BCUT2D eigenvalue weighted by molar-refractivity contribution is -0.138. The monoisotopic (exact) mass is 452 g/mol. The number of halogens is 1. The summed E-state index contributed by atoms with van der Waals surface area (Å²) in [6, 6.07) is 0. The number of guanidine groups is 1. The number of amides is 1. The third-order valence-electron chi connectivity index (χ3n) is 4.63. The van der Waals surface area contributed by atoms with E-state index in [1.807, 2.05) is 14.1 Å². The zero-order chi connectivity index (χ0) is 17.5. The van der Waals surface area contributed by atoms with Gasteiger partial charge in [0.2, 0.25) is 5.91 Å². The summed E-state index contributed by atoms with van der Waals surface area (Å²) in [6.45, 7) is 8.36. The fourth-order valence-corrected chi connectivity index (χ4v) is 3.29. The third kappa shape index (κ3) is 7.57. The summed E-state index contributed by atoms with van der Waals surface area (Å²) in [5.74, 6) is 1.04. The van der Waals surface area contributed by atoms with Gasteiger partial charge in [0.05, 0.1) is 5.41 Å². The van der Waals surface area contributed by atoms with Crippen molar-refractivity contribution in [2.45, 2.75) is 59.3 Å². The van der Waals surface area contributed by atoms with E-state index in [-0.39, 0.29) is 35.3 Å². The number of carbonyl (C=O) groups excluding carboxylic acids is 1. The molecule has 0 saturated heterocycles. The Morgan fingerprint density at radius 3 is 2.21 bits per heavy atom. The molecule has 0 aromatic heterocycles. The number of carbonyl (C=O) groups is 1. The van der Waals surface area contributed by atoms with Gasteiger partial charge >= 0.3 is 0 Å². The van der Waals surface area contributed by atoms with Crippen LogP contribution in [0.1, 0.15) is 59.3 Å². The Kier molecular flexibility index (Phi) is 10.2. The lowest BCUT2D eigenvalue weighted by atomic mass is 9.84. The van der Waals surface area contributed by atoms with Gasteiger partial charge in [-0.25, -0.2) is 0 Å². The second kappa shape index (κ2) is 10.5. The molecule has 0 heterocycles. The average molecular weight is 452 g/mol. The maximum absolute atomic E-state index is 12.6. The van der Waals surface area contributed by atoms with Crippen molar-refractivity contribution in [2.24, 2.45) is 15.8 Å². The first-order valence-corrected chi connectivity index (χ1v) is 8.86. The zero-order valence-corrected chi connectivity index (χ0v) is 18.7. The highest BCUT2D eigenvalue weighted by Gasteiger charge is 2.42. The molecule has 1 aliphatic rings. The Hall–Kier alpha value is -0.530. The van der Waals surface area contributed by atoms with Crippen molar-refractivity contribution in [1.29, 1.82) is 0 Å². The normalized spacial score (nSPS) is 17.2. The van der Waals surface area contributed by atoms with E-state index >= 15 is 0 Å².